The van der Waals surface area contributed by atoms with Crippen LogP contribution in [0, 0.1) is 0 Å². The lowest BCUT2D eigenvalue weighted by Crippen LogP contribution is -2.57. The average molecular weight is 253 g/mol. The van der Waals surface area contributed by atoms with Crippen molar-refractivity contribution >= 4 is 5.91 Å². The topological polar surface area (TPSA) is 49.6 Å². The zero-order valence-corrected chi connectivity index (χ0v) is 11.8. The van der Waals surface area contributed by atoms with Gasteiger partial charge in [0, 0.05) is 19.1 Å². The number of nitrogens with two attached hydrogens (primary N) is 1. The molecule has 2 atom stereocenters. The van der Waals surface area contributed by atoms with Crippen LogP contribution in [0.3, 0.4) is 0 Å². The zero-order chi connectivity index (χ0) is 13.2. The van der Waals surface area contributed by atoms with E-state index in [0.29, 0.717) is 12.5 Å². The molecule has 4 nitrogen and oxygen atoms in total. The van der Waals surface area contributed by atoms with Gasteiger partial charge < -0.3 is 10.6 Å². The first-order chi connectivity index (χ1) is 8.54. The smallest absolute Gasteiger partial charge is 0.242 e. The molecule has 2 saturated heterocycles. The summed E-state index contributed by atoms with van der Waals surface area (Å²) < 4.78 is 0. The highest BCUT2D eigenvalue weighted by Crippen LogP contribution is 2.22. The number of rotatable bonds is 3. The third-order valence-electron chi connectivity index (χ3n) is 4.56. The van der Waals surface area contributed by atoms with Gasteiger partial charge in [-0.2, -0.15) is 0 Å². The fraction of sp³-hybridized carbons (Fsp3) is 0.929. The molecule has 0 radical (unpaired) electrons. The van der Waals surface area contributed by atoms with Crippen LogP contribution in [-0.4, -0.2) is 53.5 Å². The molecule has 2 unspecified atom stereocenters. The summed E-state index contributed by atoms with van der Waals surface area (Å²) in [5, 5.41) is 0. The van der Waals surface area contributed by atoms with E-state index < -0.39 is 5.54 Å². The molecule has 2 aliphatic rings. The van der Waals surface area contributed by atoms with Gasteiger partial charge >= 0.3 is 0 Å². The van der Waals surface area contributed by atoms with Crippen LogP contribution in [0.2, 0.25) is 0 Å². The third kappa shape index (κ3) is 2.86. The minimum atomic E-state index is -0.688. The fourth-order valence-corrected chi connectivity index (χ4v) is 3.06. The number of carbonyl (C=O) groups excluding carboxylic acids is 1. The van der Waals surface area contributed by atoms with E-state index in [9.17, 15) is 4.79 Å². The van der Waals surface area contributed by atoms with E-state index >= 15 is 0 Å². The SMILES string of the molecule is CCC(C)(N)C(=O)N1CCCC(N2CCCC2)C1. The van der Waals surface area contributed by atoms with Gasteiger partial charge in [0.1, 0.15) is 0 Å². The molecule has 0 aromatic carbocycles. The van der Waals surface area contributed by atoms with Crippen LogP contribution in [-0.2, 0) is 4.79 Å². The summed E-state index contributed by atoms with van der Waals surface area (Å²) in [4.78, 5) is 16.9. The van der Waals surface area contributed by atoms with Gasteiger partial charge in [-0.05, 0) is 52.1 Å². The number of carbonyl (C=O) groups is 1. The number of hydrogen-bond acceptors (Lipinski definition) is 3. The lowest BCUT2D eigenvalue weighted by Gasteiger charge is -2.40. The average Bonchev–Trinajstić information content (AvgIpc) is 2.92. The Bertz CT molecular complexity index is 297. The maximum absolute atomic E-state index is 12.4. The second kappa shape index (κ2) is 5.57. The maximum Gasteiger partial charge on any atom is 0.242 e. The molecule has 2 N–H and O–H groups in total. The third-order valence-corrected chi connectivity index (χ3v) is 4.56. The van der Waals surface area contributed by atoms with Gasteiger partial charge in [0.25, 0.3) is 0 Å². The van der Waals surface area contributed by atoms with Crippen molar-refractivity contribution in [2.45, 2.75) is 57.5 Å². The summed E-state index contributed by atoms with van der Waals surface area (Å²) in [5.74, 6) is 0.133. The Balaban J connectivity index is 1.95. The second-order valence-electron chi connectivity index (χ2n) is 6.06. The largest absolute Gasteiger partial charge is 0.340 e. The minimum Gasteiger partial charge on any atom is -0.340 e. The highest BCUT2D eigenvalue weighted by Gasteiger charge is 2.35. The molecule has 2 fully saturated rings. The molecule has 2 heterocycles. The van der Waals surface area contributed by atoms with Gasteiger partial charge in [0.05, 0.1) is 5.54 Å². The molecule has 2 rings (SSSR count). The lowest BCUT2D eigenvalue weighted by molar-refractivity contribution is -0.138. The van der Waals surface area contributed by atoms with Gasteiger partial charge in [-0.15, -0.1) is 0 Å². The van der Waals surface area contributed by atoms with Crippen molar-refractivity contribution in [1.82, 2.24) is 9.80 Å². The number of amides is 1. The number of likely N-dealkylation sites (tertiary alicyclic amines) is 2. The first-order valence-corrected chi connectivity index (χ1v) is 7.37. The molecule has 0 saturated carbocycles. The summed E-state index contributed by atoms with van der Waals surface area (Å²) in [6, 6.07) is 0.567. The minimum absolute atomic E-state index is 0.133. The Morgan fingerprint density at radius 2 is 1.94 bits per heavy atom. The quantitative estimate of drug-likeness (QED) is 0.822. The van der Waals surface area contributed by atoms with E-state index in [-0.39, 0.29) is 5.91 Å². The molecule has 0 aliphatic carbocycles. The van der Waals surface area contributed by atoms with E-state index in [1.807, 2.05) is 18.7 Å². The molecule has 4 heteroatoms. The van der Waals surface area contributed by atoms with Crippen molar-refractivity contribution in [2.75, 3.05) is 26.2 Å². The monoisotopic (exact) mass is 253 g/mol. The van der Waals surface area contributed by atoms with E-state index in [1.165, 1.54) is 32.4 Å². The molecule has 2 aliphatic heterocycles. The van der Waals surface area contributed by atoms with E-state index in [2.05, 4.69) is 4.90 Å². The van der Waals surface area contributed by atoms with Crippen LogP contribution in [0.4, 0.5) is 0 Å². The van der Waals surface area contributed by atoms with Crippen LogP contribution in [0.25, 0.3) is 0 Å². The van der Waals surface area contributed by atoms with Crippen molar-refractivity contribution in [1.29, 1.82) is 0 Å². The van der Waals surface area contributed by atoms with Crippen LogP contribution in [0.15, 0.2) is 0 Å². The molecule has 104 valence electrons. The Morgan fingerprint density at radius 3 is 2.56 bits per heavy atom. The van der Waals surface area contributed by atoms with Crippen LogP contribution < -0.4 is 5.73 Å². The molecule has 0 bridgehead atoms. The van der Waals surface area contributed by atoms with Crippen molar-refractivity contribution in [3.63, 3.8) is 0 Å². The Labute approximate surface area is 110 Å². The molecule has 0 spiro atoms. The van der Waals surface area contributed by atoms with Gasteiger partial charge in [-0.25, -0.2) is 0 Å². The summed E-state index contributed by atoms with van der Waals surface area (Å²) in [7, 11) is 0. The highest BCUT2D eigenvalue weighted by molar-refractivity contribution is 5.85. The maximum atomic E-state index is 12.4. The molecule has 0 aromatic rings. The molecule has 1 amide bonds. The normalized spacial score (nSPS) is 29.3. The van der Waals surface area contributed by atoms with Gasteiger partial charge in [-0.1, -0.05) is 6.92 Å². The molecule has 0 aromatic heterocycles. The predicted molar refractivity (Wildman–Crippen MR) is 73.3 cm³/mol. The van der Waals surface area contributed by atoms with Crippen molar-refractivity contribution in [3.8, 4) is 0 Å². The molecular weight excluding hydrogens is 226 g/mol. The number of piperidine rings is 1. The first-order valence-electron chi connectivity index (χ1n) is 7.37. The van der Waals surface area contributed by atoms with Crippen LogP contribution in [0.1, 0.15) is 46.0 Å². The lowest BCUT2D eigenvalue weighted by atomic mass is 9.95. The van der Waals surface area contributed by atoms with Gasteiger partial charge in [0.15, 0.2) is 0 Å². The summed E-state index contributed by atoms with van der Waals surface area (Å²) >= 11 is 0. The first kappa shape index (κ1) is 13.8. The van der Waals surface area contributed by atoms with E-state index in [0.717, 1.165) is 19.5 Å². The Morgan fingerprint density at radius 1 is 1.28 bits per heavy atom. The predicted octanol–water partition coefficient (Wildman–Crippen LogP) is 1.20. The van der Waals surface area contributed by atoms with Crippen molar-refractivity contribution in [2.24, 2.45) is 5.73 Å². The summed E-state index contributed by atoms with van der Waals surface area (Å²) in [6.07, 6.45) is 5.68. The summed E-state index contributed by atoms with van der Waals surface area (Å²) in [6.45, 7) is 8.02. The van der Waals surface area contributed by atoms with Gasteiger partial charge in [-0.3, -0.25) is 9.69 Å². The number of nitrogens with zero attached hydrogens (tertiary/aromatic N) is 2. The van der Waals surface area contributed by atoms with Gasteiger partial charge in [0.2, 0.25) is 5.91 Å². The zero-order valence-electron chi connectivity index (χ0n) is 11.8. The van der Waals surface area contributed by atoms with Crippen LogP contribution >= 0.6 is 0 Å². The van der Waals surface area contributed by atoms with E-state index in [4.69, 9.17) is 5.73 Å². The van der Waals surface area contributed by atoms with Crippen LogP contribution in [0.5, 0.6) is 0 Å². The second-order valence-corrected chi connectivity index (χ2v) is 6.06. The Hall–Kier alpha value is -0.610. The highest BCUT2D eigenvalue weighted by atomic mass is 16.2. The van der Waals surface area contributed by atoms with E-state index in [1.54, 1.807) is 0 Å². The fourth-order valence-electron chi connectivity index (χ4n) is 3.06. The van der Waals surface area contributed by atoms with Crippen molar-refractivity contribution < 1.29 is 4.79 Å². The molecule has 18 heavy (non-hydrogen) atoms. The summed E-state index contributed by atoms with van der Waals surface area (Å²) in [5.41, 5.74) is 5.40. The Kier molecular flexibility index (Phi) is 4.28. The van der Waals surface area contributed by atoms with Crippen molar-refractivity contribution in [3.05, 3.63) is 0 Å². The molecular formula is C14H27N3O. The standard InChI is InChI=1S/C14H27N3O/c1-3-14(2,15)13(18)17-10-6-7-12(11-17)16-8-4-5-9-16/h12H,3-11,15H2,1-2H3. The number of hydrogen-bond donors (Lipinski definition) is 1.